The molecule has 0 unspecified atom stereocenters. The molecule has 0 spiro atoms. The number of hydrogen-bond acceptors (Lipinski definition) is 9. The predicted octanol–water partition coefficient (Wildman–Crippen LogP) is -2.36. The summed E-state index contributed by atoms with van der Waals surface area (Å²) in [4.78, 5) is 50.3. The standard InChI is InChI=1S/C20H26FN5O8/c21-15-7-13(24-9-14(34-20(24)33)8-22-17(30)10-27)1-2-16(15)23-3-5-25(18(31)11-28)26(6-4-23)19(32)12-29/h1-2,7,14,27-29H,3-6,8-12H2,(H,22,30)/t14-/m0/s1. The van der Waals surface area contributed by atoms with Gasteiger partial charge in [0.25, 0.3) is 11.8 Å². The van der Waals surface area contributed by atoms with Crippen LogP contribution in [0.25, 0.3) is 0 Å². The number of hydrazine groups is 1. The van der Waals surface area contributed by atoms with Crippen molar-refractivity contribution in [3.63, 3.8) is 0 Å². The molecule has 13 nitrogen and oxygen atoms in total. The Balaban J connectivity index is 1.71. The molecule has 3 rings (SSSR count). The number of carbonyl (C=O) groups is 4. The molecule has 0 radical (unpaired) electrons. The zero-order valence-corrected chi connectivity index (χ0v) is 18.2. The molecule has 0 aliphatic carbocycles. The van der Waals surface area contributed by atoms with Crippen LogP contribution in [0.3, 0.4) is 0 Å². The van der Waals surface area contributed by atoms with Gasteiger partial charge in [-0.2, -0.15) is 0 Å². The summed E-state index contributed by atoms with van der Waals surface area (Å²) in [6.45, 7) is -2.01. The summed E-state index contributed by atoms with van der Waals surface area (Å²) in [5, 5.41) is 31.6. The van der Waals surface area contributed by atoms with Crippen LogP contribution in [0.15, 0.2) is 18.2 Å². The van der Waals surface area contributed by atoms with Gasteiger partial charge in [-0.3, -0.25) is 19.3 Å². The van der Waals surface area contributed by atoms with Crippen molar-refractivity contribution in [1.29, 1.82) is 0 Å². The number of anilines is 2. The van der Waals surface area contributed by atoms with Gasteiger partial charge in [0.2, 0.25) is 5.91 Å². The van der Waals surface area contributed by atoms with E-state index < -0.39 is 55.6 Å². The molecule has 186 valence electrons. The van der Waals surface area contributed by atoms with Crippen molar-refractivity contribution in [3.05, 3.63) is 24.0 Å². The summed E-state index contributed by atoms with van der Waals surface area (Å²) in [5.74, 6) is -2.71. The number of ether oxygens (including phenoxy) is 1. The van der Waals surface area contributed by atoms with Crippen LogP contribution in [-0.4, -0.2) is 114 Å². The lowest BCUT2D eigenvalue weighted by Gasteiger charge is -2.31. The molecule has 34 heavy (non-hydrogen) atoms. The van der Waals surface area contributed by atoms with Gasteiger partial charge in [-0.15, -0.1) is 0 Å². The first kappa shape index (κ1) is 25.1. The number of halogens is 1. The Labute approximate surface area is 193 Å². The summed E-state index contributed by atoms with van der Waals surface area (Å²) >= 11 is 0. The highest BCUT2D eigenvalue weighted by Crippen LogP contribution is 2.28. The minimum absolute atomic E-state index is 0.00208. The molecule has 2 aliphatic rings. The number of aliphatic hydroxyl groups is 3. The molecular weight excluding hydrogens is 457 g/mol. The highest BCUT2D eigenvalue weighted by molar-refractivity contribution is 5.90. The van der Waals surface area contributed by atoms with E-state index in [1.165, 1.54) is 17.0 Å². The number of amides is 4. The summed E-state index contributed by atoms with van der Waals surface area (Å²) < 4.78 is 20.2. The Hall–Kier alpha value is -3.49. The monoisotopic (exact) mass is 483 g/mol. The molecule has 2 heterocycles. The maximum absolute atomic E-state index is 15.0. The van der Waals surface area contributed by atoms with E-state index in [1.54, 1.807) is 4.90 Å². The van der Waals surface area contributed by atoms with Gasteiger partial charge in [0, 0.05) is 13.1 Å². The summed E-state index contributed by atoms with van der Waals surface area (Å²) in [6.07, 6.45) is -1.37. The van der Waals surface area contributed by atoms with Gasteiger partial charge >= 0.3 is 6.09 Å². The molecule has 2 fully saturated rings. The number of hydrogen-bond donors (Lipinski definition) is 4. The molecule has 14 heteroatoms. The second-order valence-corrected chi connectivity index (χ2v) is 7.55. The third-order valence-corrected chi connectivity index (χ3v) is 5.43. The number of nitrogens with one attached hydrogen (secondary N) is 1. The Bertz CT molecular complexity index is 922. The first-order valence-electron chi connectivity index (χ1n) is 10.5. The normalized spacial score (nSPS) is 18.6. The molecule has 2 saturated heterocycles. The fourth-order valence-corrected chi connectivity index (χ4v) is 3.75. The highest BCUT2D eigenvalue weighted by atomic mass is 19.1. The fraction of sp³-hybridized carbons (Fsp3) is 0.500. The Kier molecular flexibility index (Phi) is 8.20. The molecule has 4 N–H and O–H groups in total. The maximum atomic E-state index is 15.0. The van der Waals surface area contributed by atoms with Gasteiger partial charge in [-0.1, -0.05) is 0 Å². The lowest BCUT2D eigenvalue weighted by atomic mass is 10.2. The number of cyclic esters (lactones) is 1. The quantitative estimate of drug-likeness (QED) is 0.332. The lowest BCUT2D eigenvalue weighted by Crippen LogP contribution is -2.52. The van der Waals surface area contributed by atoms with Crippen LogP contribution in [0.4, 0.5) is 20.6 Å². The minimum atomic E-state index is -0.825. The first-order chi connectivity index (χ1) is 16.3. The minimum Gasteiger partial charge on any atom is -0.442 e. The lowest BCUT2D eigenvalue weighted by molar-refractivity contribution is -0.166. The van der Waals surface area contributed by atoms with Crippen molar-refractivity contribution in [2.24, 2.45) is 0 Å². The molecule has 1 atom stereocenters. The van der Waals surface area contributed by atoms with Crippen molar-refractivity contribution in [1.82, 2.24) is 15.3 Å². The average molecular weight is 483 g/mol. The van der Waals surface area contributed by atoms with Gasteiger partial charge < -0.3 is 30.3 Å². The van der Waals surface area contributed by atoms with E-state index in [4.69, 9.17) is 9.84 Å². The molecule has 4 amide bonds. The van der Waals surface area contributed by atoms with Gasteiger partial charge in [-0.25, -0.2) is 19.2 Å². The smallest absolute Gasteiger partial charge is 0.414 e. The number of rotatable bonds is 7. The van der Waals surface area contributed by atoms with Gasteiger partial charge in [0.05, 0.1) is 37.6 Å². The first-order valence-corrected chi connectivity index (χ1v) is 10.5. The third-order valence-electron chi connectivity index (χ3n) is 5.43. The second kappa shape index (κ2) is 11.1. The van der Waals surface area contributed by atoms with Crippen molar-refractivity contribution in [2.75, 3.05) is 68.9 Å². The number of nitrogens with zero attached hydrogens (tertiary/aromatic N) is 4. The number of aliphatic hydroxyl groups excluding tert-OH is 3. The van der Waals surface area contributed by atoms with E-state index in [0.717, 1.165) is 16.1 Å². The van der Waals surface area contributed by atoms with Crippen LogP contribution in [0.2, 0.25) is 0 Å². The molecule has 2 aliphatic heterocycles. The van der Waals surface area contributed by atoms with Gasteiger partial charge in [0.15, 0.2) is 0 Å². The Morgan fingerprint density at radius 1 is 1.00 bits per heavy atom. The molecule has 0 saturated carbocycles. The molecule has 0 bridgehead atoms. The summed E-state index contributed by atoms with van der Waals surface area (Å²) in [7, 11) is 0. The van der Waals surface area contributed by atoms with Crippen LogP contribution in [-0.2, 0) is 19.1 Å². The van der Waals surface area contributed by atoms with Crippen molar-refractivity contribution in [2.45, 2.75) is 6.10 Å². The SMILES string of the molecule is O=C(CO)NC[C@H]1CN(c2ccc(N3CCN(C(=O)CO)N(C(=O)CO)CC3)c(F)c2)C(=O)O1. The van der Waals surface area contributed by atoms with Crippen LogP contribution in [0.1, 0.15) is 0 Å². The van der Waals surface area contributed by atoms with E-state index >= 15 is 4.39 Å². The Morgan fingerprint density at radius 2 is 1.62 bits per heavy atom. The Morgan fingerprint density at radius 3 is 2.15 bits per heavy atom. The zero-order valence-electron chi connectivity index (χ0n) is 18.2. The van der Waals surface area contributed by atoms with Crippen LogP contribution < -0.4 is 15.1 Å². The maximum Gasteiger partial charge on any atom is 0.414 e. The van der Waals surface area contributed by atoms with Crippen molar-refractivity contribution in [3.8, 4) is 0 Å². The van der Waals surface area contributed by atoms with E-state index in [1.807, 2.05) is 0 Å². The molecule has 0 aromatic heterocycles. The van der Waals surface area contributed by atoms with Gasteiger partial charge in [0.1, 0.15) is 31.7 Å². The molecule has 1 aromatic carbocycles. The van der Waals surface area contributed by atoms with Crippen LogP contribution >= 0.6 is 0 Å². The number of benzene rings is 1. The van der Waals surface area contributed by atoms with Gasteiger partial charge in [-0.05, 0) is 18.2 Å². The van der Waals surface area contributed by atoms with Crippen LogP contribution in [0.5, 0.6) is 0 Å². The predicted molar refractivity (Wildman–Crippen MR) is 114 cm³/mol. The van der Waals surface area contributed by atoms with Crippen molar-refractivity contribution >= 4 is 35.2 Å². The fourth-order valence-electron chi connectivity index (χ4n) is 3.75. The second-order valence-electron chi connectivity index (χ2n) is 7.55. The van der Waals surface area contributed by atoms with Crippen LogP contribution in [0, 0.1) is 5.82 Å². The van der Waals surface area contributed by atoms with E-state index in [-0.39, 0.29) is 50.6 Å². The average Bonchev–Trinajstić information content (AvgIpc) is 3.07. The van der Waals surface area contributed by atoms with Crippen molar-refractivity contribution < 1.29 is 43.6 Å². The van der Waals surface area contributed by atoms with E-state index in [9.17, 15) is 29.4 Å². The third kappa shape index (κ3) is 5.52. The van der Waals surface area contributed by atoms with E-state index in [0.29, 0.717) is 0 Å². The van der Waals surface area contributed by atoms with E-state index in [2.05, 4.69) is 5.32 Å². The number of carbonyl (C=O) groups excluding carboxylic acids is 4. The topological polar surface area (TPSA) is 163 Å². The largest absolute Gasteiger partial charge is 0.442 e. The summed E-state index contributed by atoms with van der Waals surface area (Å²) in [6, 6.07) is 4.14. The summed E-state index contributed by atoms with van der Waals surface area (Å²) in [5.41, 5.74) is 0.420. The molecular formula is C20H26FN5O8. The zero-order chi connectivity index (χ0) is 24.8. The molecule has 1 aromatic rings. The highest BCUT2D eigenvalue weighted by Gasteiger charge is 2.34.